The van der Waals surface area contributed by atoms with Crippen LogP contribution in [0.4, 0.5) is 4.39 Å². The molecule has 2 aromatic carbocycles. The Morgan fingerprint density at radius 3 is 2.66 bits per heavy atom. The van der Waals surface area contributed by atoms with Crippen molar-refractivity contribution in [2.24, 2.45) is 4.99 Å². The van der Waals surface area contributed by atoms with E-state index in [-0.39, 0.29) is 17.9 Å². The molecule has 0 aliphatic carbocycles. The number of aliphatic imine (C=N–C) groups is 1. The molecule has 4 aromatic rings. The summed E-state index contributed by atoms with van der Waals surface area (Å²) in [5, 5.41) is 0. The number of nitrogens with zero attached hydrogens (tertiary/aromatic N) is 3. The zero-order chi connectivity index (χ0) is 22.2. The van der Waals surface area contributed by atoms with Crippen molar-refractivity contribution in [3.63, 3.8) is 0 Å². The maximum absolute atomic E-state index is 14.1. The fourth-order valence-corrected chi connectivity index (χ4v) is 4.38. The largest absolute Gasteiger partial charge is 0.311 e. The smallest absolute Gasteiger partial charge is 0.251 e. The SMILES string of the molecule is Cc1cc(C2=NCc3ccc(-c4ccn(Cc5cc(Br)ccc5F)c(=O)c4)cc32)ccn1. The molecule has 3 heterocycles. The van der Waals surface area contributed by atoms with E-state index in [0.29, 0.717) is 12.1 Å². The highest BCUT2D eigenvalue weighted by Crippen LogP contribution is 2.28. The first-order valence-corrected chi connectivity index (χ1v) is 11.0. The van der Waals surface area contributed by atoms with Crippen LogP contribution in [0.1, 0.15) is 27.9 Å². The Hall–Kier alpha value is -3.38. The molecule has 158 valence electrons. The lowest BCUT2D eigenvalue weighted by Crippen LogP contribution is -2.19. The second-order valence-electron chi connectivity index (χ2n) is 7.84. The Bertz CT molecular complexity index is 1440. The molecule has 0 bridgehead atoms. The molecule has 5 rings (SSSR count). The summed E-state index contributed by atoms with van der Waals surface area (Å²) in [6.07, 6.45) is 3.51. The first-order chi connectivity index (χ1) is 15.5. The highest BCUT2D eigenvalue weighted by Gasteiger charge is 2.18. The van der Waals surface area contributed by atoms with E-state index < -0.39 is 0 Å². The summed E-state index contributed by atoms with van der Waals surface area (Å²) in [6.45, 7) is 2.78. The average molecular weight is 488 g/mol. The molecule has 6 heteroatoms. The van der Waals surface area contributed by atoms with Crippen LogP contribution in [0.5, 0.6) is 0 Å². The number of benzene rings is 2. The van der Waals surface area contributed by atoms with Gasteiger partial charge in [0.2, 0.25) is 0 Å². The van der Waals surface area contributed by atoms with Gasteiger partial charge in [-0.25, -0.2) is 4.39 Å². The van der Waals surface area contributed by atoms with Crippen molar-refractivity contribution < 1.29 is 4.39 Å². The third kappa shape index (κ3) is 3.94. The van der Waals surface area contributed by atoms with Crippen LogP contribution in [0.2, 0.25) is 0 Å². The van der Waals surface area contributed by atoms with Crippen LogP contribution in [0.3, 0.4) is 0 Å². The lowest BCUT2D eigenvalue weighted by molar-refractivity contribution is 0.596. The van der Waals surface area contributed by atoms with Gasteiger partial charge in [0.05, 0.1) is 18.8 Å². The van der Waals surface area contributed by atoms with Gasteiger partial charge >= 0.3 is 0 Å². The fourth-order valence-electron chi connectivity index (χ4n) is 3.97. The highest BCUT2D eigenvalue weighted by atomic mass is 79.9. The van der Waals surface area contributed by atoms with Gasteiger partial charge in [-0.05, 0) is 66.1 Å². The van der Waals surface area contributed by atoms with E-state index in [2.05, 4.69) is 33.0 Å². The molecule has 1 aliphatic rings. The second-order valence-corrected chi connectivity index (χ2v) is 8.76. The fraction of sp³-hybridized carbons (Fsp3) is 0.115. The zero-order valence-corrected chi connectivity index (χ0v) is 18.9. The number of aryl methyl sites for hydroxylation is 1. The van der Waals surface area contributed by atoms with Crippen LogP contribution in [0.15, 0.2) is 87.3 Å². The number of rotatable bonds is 4. The summed E-state index contributed by atoms with van der Waals surface area (Å²) in [4.78, 5) is 21.8. The molecule has 0 atom stereocenters. The number of aromatic nitrogens is 2. The van der Waals surface area contributed by atoms with E-state index in [4.69, 9.17) is 4.99 Å². The molecule has 1 aliphatic heterocycles. The minimum Gasteiger partial charge on any atom is -0.311 e. The molecule has 0 saturated heterocycles. The third-order valence-electron chi connectivity index (χ3n) is 5.62. The van der Waals surface area contributed by atoms with Gasteiger partial charge in [-0.3, -0.25) is 14.8 Å². The van der Waals surface area contributed by atoms with Gasteiger partial charge < -0.3 is 4.57 Å². The molecule has 0 spiro atoms. The molecule has 2 aromatic heterocycles. The number of halogens is 2. The second kappa shape index (κ2) is 8.28. The van der Waals surface area contributed by atoms with Crippen LogP contribution >= 0.6 is 15.9 Å². The van der Waals surface area contributed by atoms with Crippen molar-refractivity contribution in [2.75, 3.05) is 0 Å². The summed E-state index contributed by atoms with van der Waals surface area (Å²) in [7, 11) is 0. The normalized spacial score (nSPS) is 12.5. The van der Waals surface area contributed by atoms with Crippen molar-refractivity contribution in [1.29, 1.82) is 0 Å². The summed E-state index contributed by atoms with van der Waals surface area (Å²) in [5.41, 5.74) is 7.22. The minimum absolute atomic E-state index is 0.173. The summed E-state index contributed by atoms with van der Waals surface area (Å²) in [5.74, 6) is -0.332. The Morgan fingerprint density at radius 1 is 1.00 bits per heavy atom. The van der Waals surface area contributed by atoms with Crippen molar-refractivity contribution in [1.82, 2.24) is 9.55 Å². The first kappa shape index (κ1) is 20.5. The van der Waals surface area contributed by atoms with E-state index in [1.807, 2.05) is 31.2 Å². The van der Waals surface area contributed by atoms with E-state index in [1.54, 1.807) is 30.6 Å². The van der Waals surface area contributed by atoms with Gasteiger partial charge in [-0.1, -0.05) is 28.1 Å². The van der Waals surface area contributed by atoms with E-state index in [1.165, 1.54) is 10.6 Å². The molecule has 0 N–H and O–H groups in total. The number of fused-ring (bicyclic) bond motifs is 1. The summed E-state index contributed by atoms with van der Waals surface area (Å²) in [6, 6.07) is 18.4. The molecular formula is C26H19BrFN3O. The van der Waals surface area contributed by atoms with Crippen molar-refractivity contribution in [3.8, 4) is 11.1 Å². The minimum atomic E-state index is -0.332. The molecule has 32 heavy (non-hydrogen) atoms. The Morgan fingerprint density at radius 2 is 1.84 bits per heavy atom. The maximum atomic E-state index is 14.1. The summed E-state index contributed by atoms with van der Waals surface area (Å²) >= 11 is 3.35. The lowest BCUT2D eigenvalue weighted by atomic mass is 9.96. The van der Waals surface area contributed by atoms with Crippen LogP contribution in [-0.2, 0) is 13.1 Å². The van der Waals surface area contributed by atoms with Gasteiger partial charge in [-0.15, -0.1) is 0 Å². The zero-order valence-electron chi connectivity index (χ0n) is 17.3. The van der Waals surface area contributed by atoms with E-state index in [0.717, 1.165) is 43.7 Å². The Labute approximate surface area is 193 Å². The first-order valence-electron chi connectivity index (χ1n) is 10.2. The van der Waals surface area contributed by atoms with Crippen LogP contribution < -0.4 is 5.56 Å². The standard InChI is InChI=1S/C26H19BrFN3O/c1-16-10-19(6-8-29-16)26-23-12-17(2-3-20(23)14-30-26)18-7-9-31(25(32)13-18)15-21-11-22(27)4-5-24(21)28/h2-13H,14-15H2,1H3. The van der Waals surface area contributed by atoms with Gasteiger partial charge in [0, 0.05) is 45.3 Å². The number of pyridine rings is 2. The van der Waals surface area contributed by atoms with Gasteiger partial charge in [0.1, 0.15) is 5.82 Å². The Balaban J connectivity index is 1.47. The van der Waals surface area contributed by atoms with Crippen LogP contribution in [0.25, 0.3) is 11.1 Å². The summed E-state index contributed by atoms with van der Waals surface area (Å²) < 4.78 is 16.4. The number of hydrogen-bond acceptors (Lipinski definition) is 3. The van der Waals surface area contributed by atoms with Gasteiger partial charge in [-0.2, -0.15) is 0 Å². The van der Waals surface area contributed by atoms with E-state index >= 15 is 0 Å². The monoisotopic (exact) mass is 487 g/mol. The molecule has 0 radical (unpaired) electrons. The van der Waals surface area contributed by atoms with Crippen molar-refractivity contribution >= 4 is 21.6 Å². The van der Waals surface area contributed by atoms with Gasteiger partial charge in [0.25, 0.3) is 5.56 Å². The van der Waals surface area contributed by atoms with Crippen molar-refractivity contribution in [2.45, 2.75) is 20.0 Å². The molecule has 0 unspecified atom stereocenters. The lowest BCUT2D eigenvalue weighted by Gasteiger charge is -2.11. The average Bonchev–Trinajstić information content (AvgIpc) is 3.21. The molecular weight excluding hydrogens is 469 g/mol. The van der Waals surface area contributed by atoms with Crippen LogP contribution in [0, 0.1) is 12.7 Å². The Kier molecular flexibility index (Phi) is 5.31. The molecule has 0 amide bonds. The predicted molar refractivity (Wildman–Crippen MR) is 128 cm³/mol. The maximum Gasteiger partial charge on any atom is 0.251 e. The third-order valence-corrected chi connectivity index (χ3v) is 6.11. The molecule has 0 fully saturated rings. The molecule has 4 nitrogen and oxygen atoms in total. The highest BCUT2D eigenvalue weighted by molar-refractivity contribution is 9.10. The van der Waals surface area contributed by atoms with Crippen LogP contribution in [-0.4, -0.2) is 15.3 Å². The topological polar surface area (TPSA) is 47.2 Å². The van der Waals surface area contributed by atoms with Gasteiger partial charge in [0.15, 0.2) is 0 Å². The van der Waals surface area contributed by atoms with E-state index in [9.17, 15) is 9.18 Å². The predicted octanol–water partition coefficient (Wildman–Crippen LogP) is 5.52. The van der Waals surface area contributed by atoms with Crippen molar-refractivity contribution in [3.05, 3.63) is 122 Å². The quantitative estimate of drug-likeness (QED) is 0.380. The molecule has 0 saturated carbocycles. The number of hydrogen-bond donors (Lipinski definition) is 0.